The molecule has 1 atom stereocenters. The van der Waals surface area contributed by atoms with Crippen LogP contribution in [0.5, 0.6) is 0 Å². The molecule has 2 heterocycles. The highest BCUT2D eigenvalue weighted by Crippen LogP contribution is 2.41. The van der Waals surface area contributed by atoms with Crippen LogP contribution >= 0.6 is 11.8 Å². The molecule has 0 aliphatic carbocycles. The average Bonchev–Trinajstić information content (AvgIpc) is 2.78. The van der Waals surface area contributed by atoms with Gasteiger partial charge in [-0.1, -0.05) is 25.1 Å². The number of fused-ring (bicyclic) bond motifs is 3. The maximum atomic E-state index is 3.58. The van der Waals surface area contributed by atoms with E-state index in [0.29, 0.717) is 5.92 Å². The Morgan fingerprint density at radius 1 is 1.39 bits per heavy atom. The van der Waals surface area contributed by atoms with E-state index in [2.05, 4.69) is 41.5 Å². The van der Waals surface area contributed by atoms with Gasteiger partial charge in [-0.15, -0.1) is 11.8 Å². The second kappa shape index (κ2) is 5.37. The van der Waals surface area contributed by atoms with Gasteiger partial charge in [0.25, 0.3) is 0 Å². The van der Waals surface area contributed by atoms with Crippen molar-refractivity contribution in [3.05, 3.63) is 29.8 Å². The number of aromatic nitrogens is 1. The van der Waals surface area contributed by atoms with Crippen molar-refractivity contribution in [2.75, 3.05) is 18.8 Å². The van der Waals surface area contributed by atoms with Gasteiger partial charge < -0.3 is 10.3 Å². The molecule has 96 valence electrons. The standard InChI is InChI=1S/C15H20N2S/c1-2-8-16-10-11-7-9-18-15-14(11)12-5-3-4-6-13(12)17-15/h3-6,11,16-17H,2,7-10H2,1H3. The molecule has 3 heteroatoms. The SMILES string of the molecule is CCCNCC1CCSc2[nH]c3ccccc3c21. The van der Waals surface area contributed by atoms with Gasteiger partial charge in [0.05, 0.1) is 5.03 Å². The highest BCUT2D eigenvalue weighted by Gasteiger charge is 2.24. The molecule has 0 fully saturated rings. The van der Waals surface area contributed by atoms with Crippen molar-refractivity contribution in [3.63, 3.8) is 0 Å². The molecule has 0 amide bonds. The number of para-hydroxylation sites is 1. The Morgan fingerprint density at radius 3 is 3.17 bits per heavy atom. The van der Waals surface area contributed by atoms with E-state index in [9.17, 15) is 0 Å². The Morgan fingerprint density at radius 2 is 2.28 bits per heavy atom. The van der Waals surface area contributed by atoms with Crippen LogP contribution in [-0.2, 0) is 0 Å². The summed E-state index contributed by atoms with van der Waals surface area (Å²) < 4.78 is 0. The number of thioether (sulfide) groups is 1. The smallest absolute Gasteiger partial charge is 0.0768 e. The predicted molar refractivity (Wildman–Crippen MR) is 79.5 cm³/mol. The van der Waals surface area contributed by atoms with Crippen LogP contribution in [0.4, 0.5) is 0 Å². The number of rotatable bonds is 4. The minimum Gasteiger partial charge on any atom is -0.349 e. The van der Waals surface area contributed by atoms with Crippen LogP contribution in [0.1, 0.15) is 31.2 Å². The molecule has 0 spiro atoms. The first-order chi connectivity index (χ1) is 8.90. The maximum Gasteiger partial charge on any atom is 0.0768 e. The molecule has 2 aromatic rings. The summed E-state index contributed by atoms with van der Waals surface area (Å²) in [4.78, 5) is 3.57. The summed E-state index contributed by atoms with van der Waals surface area (Å²) in [7, 11) is 0. The lowest BCUT2D eigenvalue weighted by Crippen LogP contribution is -2.24. The van der Waals surface area contributed by atoms with E-state index >= 15 is 0 Å². The summed E-state index contributed by atoms with van der Waals surface area (Å²) in [6.07, 6.45) is 2.50. The van der Waals surface area contributed by atoms with Crippen LogP contribution in [-0.4, -0.2) is 23.8 Å². The summed E-state index contributed by atoms with van der Waals surface area (Å²) >= 11 is 1.97. The fraction of sp³-hybridized carbons (Fsp3) is 0.467. The second-order valence-electron chi connectivity index (χ2n) is 4.95. The van der Waals surface area contributed by atoms with E-state index < -0.39 is 0 Å². The topological polar surface area (TPSA) is 27.8 Å². The Kier molecular flexibility index (Phi) is 3.62. The third-order valence-corrected chi connectivity index (χ3v) is 4.70. The third kappa shape index (κ3) is 2.17. The first-order valence-electron chi connectivity index (χ1n) is 6.84. The number of hydrogen-bond donors (Lipinski definition) is 2. The van der Waals surface area contributed by atoms with Crippen molar-refractivity contribution in [1.82, 2.24) is 10.3 Å². The van der Waals surface area contributed by atoms with Crippen LogP contribution in [0, 0.1) is 0 Å². The molecule has 1 aliphatic heterocycles. The largest absolute Gasteiger partial charge is 0.349 e. The Bertz CT molecular complexity index is 532. The predicted octanol–water partition coefficient (Wildman–Crippen LogP) is 3.75. The van der Waals surface area contributed by atoms with Gasteiger partial charge in [-0.25, -0.2) is 0 Å². The molecule has 1 aromatic heterocycles. The number of aromatic amines is 1. The summed E-state index contributed by atoms with van der Waals surface area (Å²) in [6.45, 7) is 4.46. The summed E-state index contributed by atoms with van der Waals surface area (Å²) in [5, 5.41) is 6.39. The second-order valence-corrected chi connectivity index (χ2v) is 6.06. The molecule has 18 heavy (non-hydrogen) atoms. The minimum absolute atomic E-state index is 0.670. The quantitative estimate of drug-likeness (QED) is 0.819. The number of benzene rings is 1. The van der Waals surface area contributed by atoms with Crippen molar-refractivity contribution < 1.29 is 0 Å². The molecule has 2 nitrogen and oxygen atoms in total. The van der Waals surface area contributed by atoms with Gasteiger partial charge in [-0.2, -0.15) is 0 Å². The zero-order valence-corrected chi connectivity index (χ0v) is 11.6. The lowest BCUT2D eigenvalue weighted by atomic mass is 9.95. The van der Waals surface area contributed by atoms with E-state index in [1.54, 1.807) is 5.56 Å². The van der Waals surface area contributed by atoms with Crippen LogP contribution < -0.4 is 5.32 Å². The Hall–Kier alpha value is -0.930. The summed E-state index contributed by atoms with van der Waals surface area (Å²) in [5.74, 6) is 1.90. The molecule has 1 aromatic carbocycles. The molecule has 2 N–H and O–H groups in total. The van der Waals surface area contributed by atoms with E-state index in [-0.39, 0.29) is 0 Å². The molecule has 3 rings (SSSR count). The summed E-state index contributed by atoms with van der Waals surface area (Å²) in [6, 6.07) is 8.69. The zero-order chi connectivity index (χ0) is 12.4. The van der Waals surface area contributed by atoms with E-state index in [0.717, 1.165) is 13.1 Å². The molecular weight excluding hydrogens is 240 g/mol. The zero-order valence-electron chi connectivity index (χ0n) is 10.8. The molecule has 0 saturated heterocycles. The molecule has 1 aliphatic rings. The maximum absolute atomic E-state index is 3.58. The van der Waals surface area contributed by atoms with Gasteiger partial charge >= 0.3 is 0 Å². The Balaban J connectivity index is 1.93. The van der Waals surface area contributed by atoms with Crippen LogP contribution in [0.2, 0.25) is 0 Å². The highest BCUT2D eigenvalue weighted by atomic mass is 32.2. The van der Waals surface area contributed by atoms with Crippen molar-refractivity contribution in [1.29, 1.82) is 0 Å². The lowest BCUT2D eigenvalue weighted by molar-refractivity contribution is 0.561. The number of nitrogens with one attached hydrogen (secondary N) is 2. The monoisotopic (exact) mass is 260 g/mol. The van der Waals surface area contributed by atoms with Gasteiger partial charge in [0.1, 0.15) is 0 Å². The number of hydrogen-bond acceptors (Lipinski definition) is 2. The number of H-pyrrole nitrogens is 1. The highest BCUT2D eigenvalue weighted by molar-refractivity contribution is 7.99. The normalized spacial score (nSPS) is 19.1. The van der Waals surface area contributed by atoms with Crippen molar-refractivity contribution >= 4 is 22.7 Å². The van der Waals surface area contributed by atoms with Gasteiger partial charge in [-0.3, -0.25) is 0 Å². The third-order valence-electron chi connectivity index (χ3n) is 3.65. The van der Waals surface area contributed by atoms with Gasteiger partial charge in [0, 0.05) is 29.1 Å². The summed E-state index contributed by atoms with van der Waals surface area (Å²) in [5.41, 5.74) is 2.84. The van der Waals surface area contributed by atoms with Crippen molar-refractivity contribution in [2.45, 2.75) is 30.7 Å². The fourth-order valence-corrected chi connectivity index (χ4v) is 3.98. The molecular formula is C15H20N2S. The Labute approximate surface area is 113 Å². The van der Waals surface area contributed by atoms with Crippen molar-refractivity contribution in [2.24, 2.45) is 0 Å². The van der Waals surface area contributed by atoms with Gasteiger partial charge in [0.2, 0.25) is 0 Å². The minimum atomic E-state index is 0.670. The van der Waals surface area contributed by atoms with Crippen LogP contribution in [0.15, 0.2) is 29.3 Å². The molecule has 1 unspecified atom stereocenters. The average molecular weight is 260 g/mol. The first kappa shape index (κ1) is 12.1. The molecule has 0 bridgehead atoms. The first-order valence-corrected chi connectivity index (χ1v) is 7.83. The van der Waals surface area contributed by atoms with Gasteiger partial charge in [0.15, 0.2) is 0 Å². The van der Waals surface area contributed by atoms with Crippen LogP contribution in [0.25, 0.3) is 10.9 Å². The van der Waals surface area contributed by atoms with E-state index in [4.69, 9.17) is 0 Å². The van der Waals surface area contributed by atoms with Crippen molar-refractivity contribution in [3.8, 4) is 0 Å². The molecule has 0 saturated carbocycles. The lowest BCUT2D eigenvalue weighted by Gasteiger charge is -2.23. The van der Waals surface area contributed by atoms with Gasteiger partial charge in [-0.05, 0) is 31.0 Å². The van der Waals surface area contributed by atoms with E-state index in [1.807, 2.05) is 11.8 Å². The fourth-order valence-electron chi connectivity index (χ4n) is 2.76. The van der Waals surface area contributed by atoms with E-state index in [1.165, 1.54) is 34.5 Å². The molecule has 0 radical (unpaired) electrons. The van der Waals surface area contributed by atoms with Crippen LogP contribution in [0.3, 0.4) is 0 Å².